The van der Waals surface area contributed by atoms with Crippen LogP contribution in [-0.2, 0) is 10.1 Å². The van der Waals surface area contributed by atoms with E-state index in [4.69, 9.17) is 4.55 Å². The third-order valence-electron chi connectivity index (χ3n) is 1.38. The molecular formula is C6H4Br2NNaO4S. The standard InChI is InChI=1S/C6H3Br2NO4S.Na.H/c7-4-1-3(14(11,12)13)2-5(8)6(4)9-10;;/h1-2H,(H,11,12,13);;/q;+1;-1. The summed E-state index contributed by atoms with van der Waals surface area (Å²) in [7, 11) is -4.28. The maximum atomic E-state index is 10.7. The van der Waals surface area contributed by atoms with Crippen molar-refractivity contribution >= 4 is 47.7 Å². The van der Waals surface area contributed by atoms with Crippen LogP contribution in [0.5, 0.6) is 0 Å². The molecule has 0 fully saturated rings. The maximum Gasteiger partial charge on any atom is 1.00 e. The molecule has 0 heterocycles. The first-order valence-corrected chi connectivity index (χ1v) is 6.18. The first-order valence-electron chi connectivity index (χ1n) is 3.16. The van der Waals surface area contributed by atoms with Crippen LogP contribution in [0.3, 0.4) is 0 Å². The van der Waals surface area contributed by atoms with E-state index in [2.05, 4.69) is 37.0 Å². The van der Waals surface area contributed by atoms with Crippen LogP contribution in [0.4, 0.5) is 5.69 Å². The van der Waals surface area contributed by atoms with E-state index in [1.807, 2.05) is 0 Å². The Kier molecular flexibility index (Phi) is 6.12. The second-order valence-electron chi connectivity index (χ2n) is 2.30. The van der Waals surface area contributed by atoms with Crippen LogP contribution in [-0.4, -0.2) is 13.0 Å². The molecule has 1 aromatic rings. The third kappa shape index (κ3) is 3.88. The maximum absolute atomic E-state index is 10.7. The molecule has 0 saturated carbocycles. The van der Waals surface area contributed by atoms with Gasteiger partial charge in [0.2, 0.25) is 0 Å². The Labute approximate surface area is 126 Å². The number of rotatable bonds is 2. The minimum atomic E-state index is -4.28. The molecule has 0 radical (unpaired) electrons. The van der Waals surface area contributed by atoms with Crippen molar-refractivity contribution in [3.05, 3.63) is 26.0 Å². The Morgan fingerprint density at radius 1 is 1.27 bits per heavy atom. The van der Waals surface area contributed by atoms with E-state index < -0.39 is 10.1 Å². The van der Waals surface area contributed by atoms with Gasteiger partial charge in [0.1, 0.15) is 5.69 Å². The van der Waals surface area contributed by atoms with Gasteiger partial charge < -0.3 is 1.43 Å². The number of nitroso groups, excluding NO2 is 1. The molecule has 0 aliphatic rings. The zero-order valence-corrected chi connectivity index (χ0v) is 13.4. The third-order valence-corrected chi connectivity index (χ3v) is 3.42. The molecular weight excluding hydrogens is 365 g/mol. The summed E-state index contributed by atoms with van der Waals surface area (Å²) >= 11 is 5.90. The van der Waals surface area contributed by atoms with E-state index in [0.717, 1.165) is 12.1 Å². The Balaban J connectivity index is 0. The van der Waals surface area contributed by atoms with E-state index in [1.165, 1.54) is 0 Å². The first kappa shape index (κ1) is 15.7. The molecule has 0 aromatic heterocycles. The van der Waals surface area contributed by atoms with Crippen LogP contribution < -0.4 is 29.6 Å². The normalized spacial score (nSPS) is 10.6. The van der Waals surface area contributed by atoms with Gasteiger partial charge in [-0.25, -0.2) is 0 Å². The summed E-state index contributed by atoms with van der Waals surface area (Å²) in [5, 5.41) is 2.67. The minimum Gasteiger partial charge on any atom is -1.00 e. The predicted molar refractivity (Wildman–Crippen MR) is 58.2 cm³/mol. The predicted octanol–water partition coefficient (Wildman–Crippen LogP) is -0.0273. The van der Waals surface area contributed by atoms with Gasteiger partial charge in [-0.15, -0.1) is 4.91 Å². The second-order valence-corrected chi connectivity index (χ2v) is 5.43. The van der Waals surface area contributed by atoms with Gasteiger partial charge in [0.15, 0.2) is 0 Å². The van der Waals surface area contributed by atoms with Gasteiger partial charge in [-0.3, -0.25) is 4.55 Å². The van der Waals surface area contributed by atoms with E-state index in [9.17, 15) is 13.3 Å². The molecule has 0 aliphatic heterocycles. The van der Waals surface area contributed by atoms with Crippen LogP contribution in [0.1, 0.15) is 1.43 Å². The van der Waals surface area contributed by atoms with Crippen molar-refractivity contribution in [1.82, 2.24) is 0 Å². The summed E-state index contributed by atoms with van der Waals surface area (Å²) in [5.41, 5.74) is 0.0393. The zero-order valence-electron chi connectivity index (χ0n) is 8.44. The van der Waals surface area contributed by atoms with Crippen LogP contribution in [0.15, 0.2) is 31.2 Å². The van der Waals surface area contributed by atoms with Crippen molar-refractivity contribution in [1.29, 1.82) is 0 Å². The fourth-order valence-corrected chi connectivity index (χ4v) is 2.95. The molecule has 1 rings (SSSR count). The fourth-order valence-electron chi connectivity index (χ4n) is 0.778. The molecule has 0 spiro atoms. The van der Waals surface area contributed by atoms with Crippen molar-refractivity contribution in [3.63, 3.8) is 0 Å². The number of hydrogen-bond acceptors (Lipinski definition) is 4. The van der Waals surface area contributed by atoms with Crippen molar-refractivity contribution < 1.29 is 44.0 Å². The minimum absolute atomic E-state index is 0. The Bertz CT molecular complexity index is 472. The van der Waals surface area contributed by atoms with Gasteiger partial charge in [-0.1, -0.05) is 0 Å². The molecule has 5 nitrogen and oxygen atoms in total. The Morgan fingerprint density at radius 3 is 1.93 bits per heavy atom. The molecule has 0 unspecified atom stereocenters. The summed E-state index contributed by atoms with van der Waals surface area (Å²) in [5.74, 6) is 0. The monoisotopic (exact) mass is 367 g/mol. The van der Waals surface area contributed by atoms with Gasteiger partial charge in [0, 0.05) is 8.95 Å². The summed E-state index contributed by atoms with van der Waals surface area (Å²) < 4.78 is 30.6. The molecule has 1 aromatic carbocycles. The number of nitrogens with zero attached hydrogens (tertiary/aromatic N) is 1. The summed E-state index contributed by atoms with van der Waals surface area (Å²) in [6, 6.07) is 2.19. The smallest absolute Gasteiger partial charge is 1.00 e. The average Bonchev–Trinajstić information content (AvgIpc) is 2.01. The quantitative estimate of drug-likeness (QED) is 0.451. The first-order chi connectivity index (χ1) is 6.36. The Hall–Kier alpha value is 0.690. The van der Waals surface area contributed by atoms with Crippen LogP contribution in [0.2, 0.25) is 0 Å². The van der Waals surface area contributed by atoms with Crippen LogP contribution in [0.25, 0.3) is 0 Å². The largest absolute Gasteiger partial charge is 1.00 e. The van der Waals surface area contributed by atoms with Gasteiger partial charge >= 0.3 is 29.6 Å². The topological polar surface area (TPSA) is 83.8 Å². The van der Waals surface area contributed by atoms with Crippen molar-refractivity contribution in [3.8, 4) is 0 Å². The van der Waals surface area contributed by atoms with Gasteiger partial charge in [-0.2, -0.15) is 8.42 Å². The van der Waals surface area contributed by atoms with Gasteiger partial charge in [0.05, 0.1) is 4.90 Å². The van der Waals surface area contributed by atoms with Crippen molar-refractivity contribution in [2.45, 2.75) is 4.90 Å². The van der Waals surface area contributed by atoms with E-state index in [-0.39, 0.29) is 50.5 Å². The molecule has 78 valence electrons. The van der Waals surface area contributed by atoms with E-state index in [0.29, 0.717) is 0 Å². The molecule has 1 N–H and O–H groups in total. The van der Waals surface area contributed by atoms with Crippen LogP contribution in [0, 0.1) is 4.91 Å². The van der Waals surface area contributed by atoms with Crippen molar-refractivity contribution in [2.75, 3.05) is 0 Å². The van der Waals surface area contributed by atoms with E-state index in [1.54, 1.807) is 0 Å². The zero-order chi connectivity index (χ0) is 10.9. The SMILES string of the molecule is O=Nc1c(Br)cc(S(=O)(=O)O)cc1Br.[H-].[Na+]. The van der Waals surface area contributed by atoms with Gasteiger partial charge in [-0.05, 0) is 49.2 Å². The van der Waals surface area contributed by atoms with Crippen LogP contribution >= 0.6 is 31.9 Å². The fraction of sp³-hybridized carbons (Fsp3) is 0. The molecule has 0 saturated heterocycles. The summed E-state index contributed by atoms with van der Waals surface area (Å²) in [6.07, 6.45) is 0. The average molecular weight is 369 g/mol. The Morgan fingerprint density at radius 2 is 1.67 bits per heavy atom. The molecule has 0 amide bonds. The summed E-state index contributed by atoms with van der Waals surface area (Å²) in [6.45, 7) is 0. The second kappa shape index (κ2) is 5.85. The number of benzene rings is 1. The van der Waals surface area contributed by atoms with E-state index >= 15 is 0 Å². The molecule has 0 bridgehead atoms. The molecule has 0 aliphatic carbocycles. The molecule has 9 heteroatoms. The summed E-state index contributed by atoms with van der Waals surface area (Å²) in [4.78, 5) is 9.97. The molecule has 15 heavy (non-hydrogen) atoms. The van der Waals surface area contributed by atoms with Crippen molar-refractivity contribution in [2.24, 2.45) is 5.18 Å². The number of hydrogen-bond donors (Lipinski definition) is 1. The van der Waals surface area contributed by atoms with Gasteiger partial charge in [0.25, 0.3) is 10.1 Å². The number of halogens is 2. The molecule has 0 atom stereocenters.